The van der Waals surface area contributed by atoms with E-state index < -0.39 is 12.0 Å². The monoisotopic (exact) mass is 402 g/mol. The summed E-state index contributed by atoms with van der Waals surface area (Å²) in [5, 5.41) is 0. The SMILES string of the molecule is CCOc1ccc(SCC(=O)NNC(=O)[C@H](C)Oc2cccc(C)c2C)cc1. The van der Waals surface area contributed by atoms with Crippen molar-refractivity contribution in [1.82, 2.24) is 10.9 Å². The maximum atomic E-state index is 12.1. The third kappa shape index (κ3) is 6.49. The van der Waals surface area contributed by atoms with Crippen LogP contribution in [0.5, 0.6) is 11.5 Å². The highest BCUT2D eigenvalue weighted by molar-refractivity contribution is 8.00. The molecule has 0 aliphatic carbocycles. The number of amides is 2. The Morgan fingerprint density at radius 3 is 2.46 bits per heavy atom. The minimum absolute atomic E-state index is 0.181. The van der Waals surface area contributed by atoms with E-state index in [-0.39, 0.29) is 11.7 Å². The fourth-order valence-corrected chi connectivity index (χ4v) is 3.01. The lowest BCUT2D eigenvalue weighted by molar-refractivity contribution is -0.131. The van der Waals surface area contributed by atoms with E-state index >= 15 is 0 Å². The topological polar surface area (TPSA) is 76.7 Å². The lowest BCUT2D eigenvalue weighted by atomic mass is 10.1. The number of carbonyl (C=O) groups excluding carboxylic acids is 2. The zero-order valence-corrected chi connectivity index (χ0v) is 17.4. The average molecular weight is 403 g/mol. The maximum Gasteiger partial charge on any atom is 0.279 e. The van der Waals surface area contributed by atoms with E-state index in [2.05, 4.69) is 10.9 Å². The largest absolute Gasteiger partial charge is 0.494 e. The summed E-state index contributed by atoms with van der Waals surface area (Å²) < 4.78 is 11.1. The molecule has 0 bridgehead atoms. The molecule has 6 nitrogen and oxygen atoms in total. The lowest BCUT2D eigenvalue weighted by Crippen LogP contribution is -2.47. The van der Waals surface area contributed by atoms with Crippen molar-refractivity contribution in [2.24, 2.45) is 0 Å². The molecule has 2 N–H and O–H groups in total. The van der Waals surface area contributed by atoms with Crippen molar-refractivity contribution in [1.29, 1.82) is 0 Å². The Bertz CT molecular complexity index is 809. The van der Waals surface area contributed by atoms with Crippen molar-refractivity contribution in [3.63, 3.8) is 0 Å². The van der Waals surface area contributed by atoms with Crippen LogP contribution in [0.15, 0.2) is 47.4 Å². The summed E-state index contributed by atoms with van der Waals surface area (Å²) in [6, 6.07) is 13.2. The van der Waals surface area contributed by atoms with Crippen LogP contribution in [0.3, 0.4) is 0 Å². The average Bonchev–Trinajstić information content (AvgIpc) is 2.69. The summed E-state index contributed by atoms with van der Waals surface area (Å²) in [6.45, 7) is 8.09. The van der Waals surface area contributed by atoms with Gasteiger partial charge in [0.15, 0.2) is 6.10 Å². The van der Waals surface area contributed by atoms with Gasteiger partial charge in [0, 0.05) is 4.90 Å². The Labute approximate surface area is 170 Å². The van der Waals surface area contributed by atoms with Gasteiger partial charge in [-0.3, -0.25) is 20.4 Å². The normalized spacial score (nSPS) is 11.4. The first-order valence-corrected chi connectivity index (χ1v) is 10.1. The Morgan fingerprint density at radius 2 is 1.79 bits per heavy atom. The van der Waals surface area contributed by atoms with Gasteiger partial charge in [0.25, 0.3) is 5.91 Å². The number of carbonyl (C=O) groups is 2. The Kier molecular flexibility index (Phi) is 8.19. The number of rotatable bonds is 8. The van der Waals surface area contributed by atoms with Crippen molar-refractivity contribution in [3.8, 4) is 11.5 Å². The van der Waals surface area contributed by atoms with E-state index in [1.807, 2.05) is 63.2 Å². The Morgan fingerprint density at radius 1 is 1.07 bits per heavy atom. The molecule has 0 aromatic heterocycles. The molecule has 2 amide bonds. The lowest BCUT2D eigenvalue weighted by Gasteiger charge is -2.17. The molecular weight excluding hydrogens is 376 g/mol. The van der Waals surface area contributed by atoms with Gasteiger partial charge in [-0.15, -0.1) is 11.8 Å². The minimum atomic E-state index is -0.737. The molecule has 0 saturated heterocycles. The highest BCUT2D eigenvalue weighted by Crippen LogP contribution is 2.22. The summed E-state index contributed by atoms with van der Waals surface area (Å²) >= 11 is 1.37. The summed E-state index contributed by atoms with van der Waals surface area (Å²) in [4.78, 5) is 25.0. The third-order valence-electron chi connectivity index (χ3n) is 4.06. The first-order valence-electron chi connectivity index (χ1n) is 9.08. The second-order valence-corrected chi connectivity index (χ2v) is 7.24. The van der Waals surface area contributed by atoms with Crippen LogP contribution in [0.4, 0.5) is 0 Å². The van der Waals surface area contributed by atoms with Crippen LogP contribution in [0.1, 0.15) is 25.0 Å². The number of ether oxygens (including phenoxy) is 2. The van der Waals surface area contributed by atoms with Gasteiger partial charge in [-0.05, 0) is 69.2 Å². The fourth-order valence-electron chi connectivity index (χ4n) is 2.31. The Balaban J connectivity index is 1.75. The number of aryl methyl sites for hydroxylation is 1. The smallest absolute Gasteiger partial charge is 0.279 e. The summed E-state index contributed by atoms with van der Waals surface area (Å²) in [5.41, 5.74) is 6.89. The zero-order chi connectivity index (χ0) is 20.5. The van der Waals surface area contributed by atoms with E-state index in [9.17, 15) is 9.59 Å². The standard InChI is InChI=1S/C21H26N2O4S/c1-5-26-17-9-11-18(12-10-17)28-13-20(24)22-23-21(25)16(4)27-19-8-6-7-14(2)15(19)3/h6-12,16H,5,13H2,1-4H3,(H,22,24)(H,23,25)/t16-/m0/s1. The number of hydrogen-bond acceptors (Lipinski definition) is 5. The van der Waals surface area contributed by atoms with Crippen molar-refractivity contribution in [2.75, 3.05) is 12.4 Å². The molecule has 7 heteroatoms. The van der Waals surface area contributed by atoms with Gasteiger partial charge in [-0.25, -0.2) is 0 Å². The highest BCUT2D eigenvalue weighted by atomic mass is 32.2. The van der Waals surface area contributed by atoms with Gasteiger partial charge in [0.2, 0.25) is 5.91 Å². The minimum Gasteiger partial charge on any atom is -0.494 e. The van der Waals surface area contributed by atoms with Gasteiger partial charge < -0.3 is 9.47 Å². The molecule has 0 aliphatic heterocycles. The molecule has 2 rings (SSSR count). The summed E-state index contributed by atoms with van der Waals surface area (Å²) in [7, 11) is 0. The van der Waals surface area contributed by atoms with Crippen LogP contribution in [-0.2, 0) is 9.59 Å². The summed E-state index contributed by atoms with van der Waals surface area (Å²) in [6.07, 6.45) is -0.737. The molecule has 2 aromatic rings. The van der Waals surface area contributed by atoms with Gasteiger partial charge in [-0.2, -0.15) is 0 Å². The molecule has 150 valence electrons. The molecule has 2 aromatic carbocycles. The van der Waals surface area contributed by atoms with Crippen molar-refractivity contribution >= 4 is 23.6 Å². The van der Waals surface area contributed by atoms with Gasteiger partial charge in [-0.1, -0.05) is 12.1 Å². The number of thioether (sulfide) groups is 1. The molecule has 0 spiro atoms. The van der Waals surface area contributed by atoms with Crippen LogP contribution < -0.4 is 20.3 Å². The first-order chi connectivity index (χ1) is 13.4. The number of hydrogen-bond donors (Lipinski definition) is 2. The van der Waals surface area contributed by atoms with Crippen molar-refractivity contribution < 1.29 is 19.1 Å². The van der Waals surface area contributed by atoms with Gasteiger partial charge in [0.1, 0.15) is 11.5 Å². The van der Waals surface area contributed by atoms with Crippen LogP contribution in [0.2, 0.25) is 0 Å². The molecule has 1 atom stereocenters. The molecule has 0 heterocycles. The van der Waals surface area contributed by atoms with E-state index in [1.165, 1.54) is 11.8 Å². The molecule has 0 aliphatic rings. The second kappa shape index (κ2) is 10.6. The van der Waals surface area contributed by atoms with Gasteiger partial charge in [0.05, 0.1) is 12.4 Å². The maximum absolute atomic E-state index is 12.1. The van der Waals surface area contributed by atoms with Crippen molar-refractivity contribution in [3.05, 3.63) is 53.6 Å². The molecular formula is C21H26N2O4S. The predicted molar refractivity (Wildman–Crippen MR) is 111 cm³/mol. The van der Waals surface area contributed by atoms with Crippen molar-refractivity contribution in [2.45, 2.75) is 38.7 Å². The fraction of sp³-hybridized carbons (Fsp3) is 0.333. The zero-order valence-electron chi connectivity index (χ0n) is 16.6. The number of nitrogens with one attached hydrogen (secondary N) is 2. The predicted octanol–water partition coefficient (Wildman–Crippen LogP) is 3.41. The van der Waals surface area contributed by atoms with Crippen LogP contribution >= 0.6 is 11.8 Å². The molecule has 0 fully saturated rings. The second-order valence-electron chi connectivity index (χ2n) is 6.19. The highest BCUT2D eigenvalue weighted by Gasteiger charge is 2.16. The number of hydrazine groups is 1. The van der Waals surface area contributed by atoms with E-state index in [0.717, 1.165) is 21.8 Å². The molecule has 0 saturated carbocycles. The quantitative estimate of drug-likeness (QED) is 0.523. The Hall–Kier alpha value is -2.67. The molecule has 28 heavy (non-hydrogen) atoms. The molecule has 0 unspecified atom stereocenters. The third-order valence-corrected chi connectivity index (χ3v) is 5.07. The van der Waals surface area contributed by atoms with E-state index in [1.54, 1.807) is 6.92 Å². The summed E-state index contributed by atoms with van der Waals surface area (Å²) in [5.74, 6) is 0.911. The first kappa shape index (κ1) is 21.6. The number of benzene rings is 2. The van der Waals surface area contributed by atoms with E-state index in [0.29, 0.717) is 12.4 Å². The van der Waals surface area contributed by atoms with E-state index in [4.69, 9.17) is 9.47 Å². The van der Waals surface area contributed by atoms with Crippen LogP contribution in [0.25, 0.3) is 0 Å². The van der Waals surface area contributed by atoms with Crippen LogP contribution in [-0.4, -0.2) is 30.3 Å². The van der Waals surface area contributed by atoms with Crippen LogP contribution in [0, 0.1) is 13.8 Å². The van der Waals surface area contributed by atoms with Gasteiger partial charge >= 0.3 is 0 Å². The molecule has 0 radical (unpaired) electrons.